The Morgan fingerprint density at radius 1 is 1.09 bits per heavy atom. The minimum atomic E-state index is -0.369. The van der Waals surface area contributed by atoms with Gasteiger partial charge in [-0.2, -0.15) is 0 Å². The van der Waals surface area contributed by atoms with Crippen molar-refractivity contribution in [3.63, 3.8) is 0 Å². The third-order valence-corrected chi connectivity index (χ3v) is 6.82. The molecule has 2 amide bonds. The second kappa shape index (κ2) is 12.8. The molecular weight excluding hydrogens is 422 g/mol. The van der Waals surface area contributed by atoms with E-state index >= 15 is 0 Å². The van der Waals surface area contributed by atoms with Crippen molar-refractivity contribution in [2.45, 2.75) is 77.3 Å². The summed E-state index contributed by atoms with van der Waals surface area (Å²) in [5, 5.41) is 6.62. The molecule has 0 saturated carbocycles. The number of nitrogens with one attached hydrogen (secondary N) is 2. The number of para-hydroxylation sites is 2. The number of ether oxygens (including phenoxy) is 1. The van der Waals surface area contributed by atoms with Crippen LogP contribution in [0.1, 0.15) is 71.3 Å². The van der Waals surface area contributed by atoms with Crippen molar-refractivity contribution < 1.29 is 9.53 Å². The first-order valence-electron chi connectivity index (χ1n) is 13.0. The number of unbranched alkanes of at least 4 members (excludes halogenated alkanes) is 1. The summed E-state index contributed by atoms with van der Waals surface area (Å²) in [6.45, 7) is 8.17. The van der Waals surface area contributed by atoms with Gasteiger partial charge < -0.3 is 20.3 Å². The summed E-state index contributed by atoms with van der Waals surface area (Å²) in [6.07, 6.45) is 7.15. The largest absolute Gasteiger partial charge is 0.457 e. The van der Waals surface area contributed by atoms with Crippen molar-refractivity contribution in [3.05, 3.63) is 60.2 Å². The zero-order valence-corrected chi connectivity index (χ0v) is 21.5. The summed E-state index contributed by atoms with van der Waals surface area (Å²) in [4.78, 5) is 16.0. The highest BCUT2D eigenvalue weighted by atomic mass is 16.5. The van der Waals surface area contributed by atoms with E-state index in [1.165, 1.54) is 0 Å². The number of hydrogen-bond acceptors (Lipinski definition) is 3. The smallest absolute Gasteiger partial charge is 0.318 e. The van der Waals surface area contributed by atoms with Gasteiger partial charge in [0.05, 0.1) is 5.54 Å². The molecule has 186 valence electrons. The molecule has 1 aliphatic heterocycles. The first-order valence-corrected chi connectivity index (χ1v) is 13.0. The Kier molecular flexibility index (Phi) is 9.82. The molecule has 3 rings (SSSR count). The van der Waals surface area contributed by atoms with Gasteiger partial charge >= 0.3 is 6.03 Å². The minimum absolute atomic E-state index is 0.0474. The molecule has 2 unspecified atom stereocenters. The minimum Gasteiger partial charge on any atom is -0.457 e. The van der Waals surface area contributed by atoms with Gasteiger partial charge in [0.1, 0.15) is 11.5 Å². The van der Waals surface area contributed by atoms with E-state index in [2.05, 4.69) is 48.4 Å². The summed E-state index contributed by atoms with van der Waals surface area (Å²) in [5.74, 6) is 2.18. The number of carbonyl (C=O) groups excluding carboxylic acids is 1. The van der Waals surface area contributed by atoms with Crippen LogP contribution in [0, 0.1) is 5.92 Å². The number of carbonyl (C=O) groups is 1. The van der Waals surface area contributed by atoms with Crippen LogP contribution in [0.5, 0.6) is 11.5 Å². The maximum Gasteiger partial charge on any atom is 0.318 e. The van der Waals surface area contributed by atoms with E-state index in [1.807, 2.05) is 49.5 Å². The maximum absolute atomic E-state index is 13.8. The van der Waals surface area contributed by atoms with Crippen molar-refractivity contribution in [1.82, 2.24) is 15.5 Å². The van der Waals surface area contributed by atoms with Crippen LogP contribution in [0.2, 0.25) is 0 Å². The number of urea groups is 1. The monoisotopic (exact) mass is 465 g/mol. The Bertz CT molecular complexity index is 886. The van der Waals surface area contributed by atoms with Gasteiger partial charge in [0.15, 0.2) is 0 Å². The third kappa shape index (κ3) is 6.53. The Labute approximate surface area is 206 Å². The van der Waals surface area contributed by atoms with Crippen LogP contribution in [-0.2, 0) is 5.54 Å². The molecule has 2 atom stereocenters. The number of likely N-dealkylation sites (tertiary alicyclic amines) is 1. The van der Waals surface area contributed by atoms with E-state index < -0.39 is 0 Å². The topological polar surface area (TPSA) is 53.6 Å². The van der Waals surface area contributed by atoms with Crippen LogP contribution in [-0.4, -0.2) is 37.1 Å². The number of likely N-dealkylation sites (N-methyl/N-ethyl adjacent to an activating group) is 1. The van der Waals surface area contributed by atoms with Gasteiger partial charge in [0.2, 0.25) is 0 Å². The van der Waals surface area contributed by atoms with Crippen LogP contribution in [0.3, 0.4) is 0 Å². The summed E-state index contributed by atoms with van der Waals surface area (Å²) >= 11 is 0. The molecule has 0 aromatic heterocycles. The normalized spacial score (nSPS) is 19.1. The zero-order valence-electron chi connectivity index (χ0n) is 21.5. The first kappa shape index (κ1) is 26.1. The van der Waals surface area contributed by atoms with Crippen molar-refractivity contribution >= 4 is 6.03 Å². The van der Waals surface area contributed by atoms with E-state index in [-0.39, 0.29) is 17.6 Å². The van der Waals surface area contributed by atoms with E-state index in [4.69, 9.17) is 4.74 Å². The molecule has 2 N–H and O–H groups in total. The molecule has 5 heteroatoms. The van der Waals surface area contributed by atoms with Crippen LogP contribution in [0.15, 0.2) is 54.6 Å². The summed E-state index contributed by atoms with van der Waals surface area (Å²) in [7, 11) is 1.95. The van der Waals surface area contributed by atoms with Crippen molar-refractivity contribution in [2.24, 2.45) is 5.92 Å². The molecule has 0 aliphatic carbocycles. The SMILES string of the molecule is CCCCC1(c2ccccc2Oc2ccccc2)CCCCN1C(=O)NC(CNC)CC(C)C. The van der Waals surface area contributed by atoms with Gasteiger partial charge in [-0.25, -0.2) is 4.79 Å². The lowest BCUT2D eigenvalue weighted by Crippen LogP contribution is -2.58. The quantitative estimate of drug-likeness (QED) is 0.388. The molecule has 2 aromatic carbocycles. The Morgan fingerprint density at radius 3 is 2.53 bits per heavy atom. The molecule has 2 aromatic rings. The number of piperidine rings is 1. The molecule has 34 heavy (non-hydrogen) atoms. The third-order valence-electron chi connectivity index (χ3n) is 6.82. The number of rotatable bonds is 11. The van der Waals surface area contributed by atoms with Gasteiger partial charge in [-0.05, 0) is 63.3 Å². The van der Waals surface area contributed by atoms with Crippen LogP contribution >= 0.6 is 0 Å². The van der Waals surface area contributed by atoms with E-state index in [9.17, 15) is 4.79 Å². The van der Waals surface area contributed by atoms with Crippen molar-refractivity contribution in [1.29, 1.82) is 0 Å². The van der Waals surface area contributed by atoms with Gasteiger partial charge in [0.25, 0.3) is 0 Å². The van der Waals surface area contributed by atoms with E-state index in [0.717, 1.165) is 75.1 Å². The first-order chi connectivity index (χ1) is 16.5. The van der Waals surface area contributed by atoms with Crippen molar-refractivity contribution in [2.75, 3.05) is 20.1 Å². The lowest BCUT2D eigenvalue weighted by atomic mass is 9.76. The van der Waals surface area contributed by atoms with Gasteiger partial charge in [0, 0.05) is 24.7 Å². The second-order valence-electron chi connectivity index (χ2n) is 9.99. The fraction of sp³-hybridized carbons (Fsp3) is 0.552. The van der Waals surface area contributed by atoms with Gasteiger partial charge in [-0.1, -0.05) is 70.0 Å². The molecule has 1 heterocycles. The fourth-order valence-electron chi connectivity index (χ4n) is 5.29. The highest BCUT2D eigenvalue weighted by molar-refractivity contribution is 5.76. The molecule has 1 fully saturated rings. The molecular formula is C29H43N3O2. The van der Waals surface area contributed by atoms with Crippen LogP contribution < -0.4 is 15.4 Å². The predicted molar refractivity (Wildman–Crippen MR) is 140 cm³/mol. The molecule has 0 radical (unpaired) electrons. The van der Waals surface area contributed by atoms with E-state index in [0.29, 0.717) is 5.92 Å². The molecule has 5 nitrogen and oxygen atoms in total. The Morgan fingerprint density at radius 2 is 1.82 bits per heavy atom. The number of hydrogen-bond donors (Lipinski definition) is 2. The number of nitrogens with zero attached hydrogens (tertiary/aromatic N) is 1. The van der Waals surface area contributed by atoms with Crippen LogP contribution in [0.25, 0.3) is 0 Å². The molecule has 0 spiro atoms. The standard InChI is InChI=1S/C29H43N3O2/c1-5-6-18-29(26-16-10-11-17-27(26)34-25-14-8-7-9-15-25)19-12-13-20-32(29)28(33)31-24(22-30-4)21-23(2)3/h7-11,14-17,23-24,30H,5-6,12-13,18-22H2,1-4H3,(H,31,33). The van der Waals surface area contributed by atoms with Gasteiger partial charge in [-0.3, -0.25) is 0 Å². The van der Waals surface area contributed by atoms with Gasteiger partial charge in [-0.15, -0.1) is 0 Å². The number of benzene rings is 2. The molecule has 0 bridgehead atoms. The summed E-state index contributed by atoms with van der Waals surface area (Å²) < 4.78 is 6.40. The molecule has 1 saturated heterocycles. The average molecular weight is 466 g/mol. The fourth-order valence-corrected chi connectivity index (χ4v) is 5.29. The van der Waals surface area contributed by atoms with Crippen molar-refractivity contribution in [3.8, 4) is 11.5 Å². The highest BCUT2D eigenvalue weighted by Gasteiger charge is 2.44. The second-order valence-corrected chi connectivity index (χ2v) is 9.99. The van der Waals surface area contributed by atoms with Crippen LogP contribution in [0.4, 0.5) is 4.79 Å². The number of amides is 2. The average Bonchev–Trinajstić information content (AvgIpc) is 2.83. The Hall–Kier alpha value is -2.53. The Balaban J connectivity index is 1.98. The lowest BCUT2D eigenvalue weighted by Gasteiger charge is -2.48. The lowest BCUT2D eigenvalue weighted by molar-refractivity contribution is 0.0609. The predicted octanol–water partition coefficient (Wildman–Crippen LogP) is 6.69. The summed E-state index contributed by atoms with van der Waals surface area (Å²) in [5.41, 5.74) is 0.752. The van der Waals surface area contributed by atoms with E-state index in [1.54, 1.807) is 0 Å². The zero-order chi connectivity index (χ0) is 24.4. The highest BCUT2D eigenvalue weighted by Crippen LogP contribution is 2.46. The maximum atomic E-state index is 13.8. The summed E-state index contributed by atoms with van der Waals surface area (Å²) in [6, 6.07) is 18.4. The molecule has 1 aliphatic rings.